The van der Waals surface area contributed by atoms with Gasteiger partial charge in [0.25, 0.3) is 5.91 Å². The first-order valence-electron chi connectivity index (χ1n) is 29.5. The maximum absolute atomic E-state index is 15.4. The Kier molecular flexibility index (Phi) is 21.6. The van der Waals surface area contributed by atoms with Gasteiger partial charge in [-0.05, 0) is 115 Å². The van der Waals surface area contributed by atoms with Crippen LogP contribution >= 0.6 is 0 Å². The molecular formula is C70H70N4O17. The van der Waals surface area contributed by atoms with E-state index in [-0.39, 0.29) is 54.6 Å². The first kappa shape index (κ1) is 65.1. The Morgan fingerprint density at radius 2 is 1.02 bits per heavy atom. The molecule has 1 aliphatic heterocycles. The Bertz CT molecular complexity index is 3630. The Hall–Kier alpha value is -10.4. The Labute approximate surface area is 525 Å². The summed E-state index contributed by atoms with van der Waals surface area (Å²) >= 11 is 0. The van der Waals surface area contributed by atoms with Gasteiger partial charge in [-0.25, -0.2) is 19.2 Å². The molecule has 21 heteroatoms. The third-order valence-electron chi connectivity index (χ3n) is 15.1. The highest BCUT2D eigenvalue weighted by Crippen LogP contribution is 2.44. The topological polar surface area (TPSA) is 290 Å². The second-order valence-electron chi connectivity index (χ2n) is 22.8. The lowest BCUT2D eigenvalue weighted by Crippen LogP contribution is -2.69. The smallest absolute Gasteiger partial charge is 0.407 e. The molecule has 4 amide bonds. The molecule has 7 aromatic rings. The van der Waals surface area contributed by atoms with Crippen molar-refractivity contribution in [1.82, 2.24) is 21.3 Å². The normalized spacial score (nSPS) is 17.6. The molecule has 0 spiro atoms. The maximum atomic E-state index is 15.4. The number of hydrogen-bond acceptors (Lipinski definition) is 17. The number of ether oxygens (including phenoxy) is 7. The van der Waals surface area contributed by atoms with Gasteiger partial charge in [0, 0.05) is 32.3 Å². The van der Waals surface area contributed by atoms with Crippen LogP contribution < -0.4 is 21.3 Å². The number of aromatic hydroxyl groups is 2. The van der Waals surface area contributed by atoms with Crippen LogP contribution in [0, 0.1) is 0 Å². The maximum Gasteiger partial charge on any atom is 0.407 e. The van der Waals surface area contributed by atoms with Crippen LogP contribution in [-0.4, -0.2) is 126 Å². The van der Waals surface area contributed by atoms with Crippen LogP contribution in [0.1, 0.15) is 88.1 Å². The van der Waals surface area contributed by atoms with E-state index in [2.05, 4.69) is 21.3 Å². The summed E-state index contributed by atoms with van der Waals surface area (Å²) in [4.78, 5) is 116. The van der Waals surface area contributed by atoms with Crippen molar-refractivity contribution < 1.29 is 81.7 Å². The summed E-state index contributed by atoms with van der Waals surface area (Å²) in [5, 5.41) is 31.0. The van der Waals surface area contributed by atoms with Crippen molar-refractivity contribution in [2.75, 3.05) is 13.7 Å². The van der Waals surface area contributed by atoms with Crippen molar-refractivity contribution in [1.29, 1.82) is 0 Å². The van der Waals surface area contributed by atoms with Gasteiger partial charge in [-0.1, -0.05) is 140 Å². The largest absolute Gasteiger partial charge is 0.508 e. The van der Waals surface area contributed by atoms with E-state index in [0.717, 1.165) is 22.3 Å². The quantitative estimate of drug-likeness (QED) is 0.0247. The standard InChI is InChI=1S/C70H70N4O17/c1-70(2,3)91-67(83)56(39-43-30-34-48(76)35-31-43)73-62(78)54(36-37-57(77)86-40-44-18-8-5-9-19-44)71-63(79)55(38-42-28-32-47(75)33-29-42)72-64(80)61-60(89-66(82)46-22-12-7-13-23-46)59(88-65(81)45-20-10-6-11-21-45)58(68(85-4)90-61)74-69(84)87-41-53-51-26-16-14-24-49(51)50-25-15-17-27-52(50)53/h5-35,53-56,58-61,68,75-76H,36-41H2,1-4H3,(H,71,79)(H,72,80)(H,73,78)(H,74,84)/t54-,55-,56-,58+,59+,60-,61-,68+/m0/s1. The first-order valence-corrected chi connectivity index (χ1v) is 29.5. The summed E-state index contributed by atoms with van der Waals surface area (Å²) in [7, 11) is 1.19. The molecule has 1 saturated heterocycles. The van der Waals surface area contributed by atoms with Gasteiger partial charge >= 0.3 is 30.0 Å². The number of fused-ring (bicyclic) bond motifs is 3. The predicted molar refractivity (Wildman–Crippen MR) is 330 cm³/mol. The van der Waals surface area contributed by atoms with Gasteiger partial charge in [0.15, 0.2) is 24.6 Å². The van der Waals surface area contributed by atoms with Gasteiger partial charge < -0.3 is 64.6 Å². The molecule has 1 aliphatic carbocycles. The predicted octanol–water partition coefficient (Wildman–Crippen LogP) is 7.93. The molecule has 1 heterocycles. The minimum absolute atomic E-state index is 0.000437. The van der Waals surface area contributed by atoms with Crippen molar-refractivity contribution in [2.45, 2.75) is 113 Å². The number of benzene rings is 7. The van der Waals surface area contributed by atoms with E-state index in [1.54, 1.807) is 99.6 Å². The van der Waals surface area contributed by atoms with Crippen LogP contribution in [0.2, 0.25) is 0 Å². The summed E-state index contributed by atoms with van der Waals surface area (Å²) < 4.78 is 41.8. The number of phenols is 2. The lowest BCUT2D eigenvalue weighted by molar-refractivity contribution is -0.250. The highest BCUT2D eigenvalue weighted by atomic mass is 16.7. The highest BCUT2D eigenvalue weighted by molar-refractivity contribution is 5.96. The van der Waals surface area contributed by atoms with Crippen molar-refractivity contribution >= 4 is 47.7 Å². The molecule has 7 aromatic carbocycles. The third-order valence-corrected chi connectivity index (χ3v) is 15.1. The number of amides is 4. The van der Waals surface area contributed by atoms with Crippen LogP contribution in [0.25, 0.3) is 11.1 Å². The lowest BCUT2D eigenvalue weighted by Gasteiger charge is -2.44. The van der Waals surface area contributed by atoms with Gasteiger partial charge in [-0.15, -0.1) is 0 Å². The van der Waals surface area contributed by atoms with Gasteiger partial charge in [0.1, 0.15) is 54.5 Å². The van der Waals surface area contributed by atoms with Crippen molar-refractivity contribution in [3.8, 4) is 22.6 Å². The molecule has 0 bridgehead atoms. The van der Waals surface area contributed by atoms with E-state index in [1.807, 2.05) is 48.5 Å². The highest BCUT2D eigenvalue weighted by Gasteiger charge is 2.55. The number of carbonyl (C=O) groups is 8. The Balaban J connectivity index is 1.04. The summed E-state index contributed by atoms with van der Waals surface area (Å²) in [6, 6.07) is 44.9. The molecule has 91 heavy (non-hydrogen) atoms. The van der Waals surface area contributed by atoms with Gasteiger partial charge in [-0.3, -0.25) is 19.2 Å². The first-order chi connectivity index (χ1) is 43.8. The zero-order valence-electron chi connectivity index (χ0n) is 50.4. The number of esters is 4. The Morgan fingerprint density at radius 1 is 0.538 bits per heavy atom. The second-order valence-corrected chi connectivity index (χ2v) is 22.8. The van der Waals surface area contributed by atoms with E-state index >= 15 is 9.59 Å². The van der Waals surface area contributed by atoms with Crippen molar-refractivity contribution in [3.63, 3.8) is 0 Å². The summed E-state index contributed by atoms with van der Waals surface area (Å²) in [5.74, 6) is -7.26. The average molecular weight is 1240 g/mol. The summed E-state index contributed by atoms with van der Waals surface area (Å²) in [6.45, 7) is 4.66. The van der Waals surface area contributed by atoms with Gasteiger partial charge in [-0.2, -0.15) is 0 Å². The Morgan fingerprint density at radius 3 is 1.56 bits per heavy atom. The molecule has 0 saturated carbocycles. The SMILES string of the molecule is CO[C@@H]1O[C@H](C(=O)N[C@@H](Cc2ccc(O)cc2)C(=O)N[C@@H](CCC(=O)OCc2ccccc2)C(=O)N[C@@H](Cc2ccc(O)cc2)C(=O)OC(C)(C)C)[C@@H](OC(=O)c2ccccc2)[C@H](OC(=O)c2ccccc2)[C@H]1NC(=O)OCC1c2ccccc2-c2ccccc21. The number of hydrogen-bond donors (Lipinski definition) is 6. The second kappa shape index (κ2) is 30.2. The van der Waals surface area contributed by atoms with Crippen molar-refractivity contribution in [3.05, 3.63) is 227 Å². The molecule has 0 unspecified atom stereocenters. The van der Waals surface area contributed by atoms with E-state index in [1.165, 1.54) is 67.8 Å². The molecule has 8 atom stereocenters. The van der Waals surface area contributed by atoms with E-state index in [0.29, 0.717) is 16.7 Å². The fourth-order valence-corrected chi connectivity index (χ4v) is 10.6. The summed E-state index contributed by atoms with van der Waals surface area (Å²) in [6.07, 6.45) is -9.85. The summed E-state index contributed by atoms with van der Waals surface area (Å²) in [5.41, 5.74) is 4.38. The zero-order valence-corrected chi connectivity index (χ0v) is 50.4. The van der Waals surface area contributed by atoms with E-state index in [4.69, 9.17) is 33.2 Å². The molecule has 9 rings (SSSR count). The number of phenolic OH excluding ortho intramolecular Hbond substituents is 2. The molecule has 6 N–H and O–H groups in total. The van der Waals surface area contributed by atoms with Crippen LogP contribution in [0.4, 0.5) is 4.79 Å². The minimum atomic E-state index is -2.03. The number of rotatable bonds is 24. The third kappa shape index (κ3) is 17.5. The van der Waals surface area contributed by atoms with Crippen LogP contribution in [0.15, 0.2) is 188 Å². The molecule has 0 radical (unpaired) electrons. The van der Waals surface area contributed by atoms with Gasteiger partial charge in [0.05, 0.1) is 11.1 Å². The van der Waals surface area contributed by atoms with Crippen LogP contribution in [0.5, 0.6) is 11.5 Å². The fourth-order valence-electron chi connectivity index (χ4n) is 10.6. The monoisotopic (exact) mass is 1240 g/mol. The van der Waals surface area contributed by atoms with Crippen LogP contribution in [0.3, 0.4) is 0 Å². The minimum Gasteiger partial charge on any atom is -0.508 e. The zero-order chi connectivity index (χ0) is 64.6. The molecule has 21 nitrogen and oxygen atoms in total. The average Bonchev–Trinajstić information content (AvgIpc) is 1.84. The van der Waals surface area contributed by atoms with Gasteiger partial charge in [0.2, 0.25) is 11.8 Å². The molecule has 472 valence electrons. The number of carbonyl (C=O) groups excluding carboxylic acids is 8. The van der Waals surface area contributed by atoms with E-state index < -0.39 is 115 Å². The van der Waals surface area contributed by atoms with Crippen LogP contribution in [-0.2, 0) is 76.6 Å². The number of alkyl carbamates (subject to hydrolysis) is 1. The molecule has 2 aliphatic rings. The molecule has 1 fully saturated rings. The van der Waals surface area contributed by atoms with E-state index in [9.17, 15) is 39.0 Å². The molecule has 0 aromatic heterocycles. The fraction of sp³-hybridized carbons (Fsp3) is 0.286. The lowest BCUT2D eigenvalue weighted by atomic mass is 9.94. The molecular weight excluding hydrogens is 1170 g/mol. The number of nitrogens with one attached hydrogen (secondary N) is 4. The van der Waals surface area contributed by atoms with Crippen molar-refractivity contribution in [2.24, 2.45) is 0 Å². The number of methoxy groups -OCH3 is 1.